The summed E-state index contributed by atoms with van der Waals surface area (Å²) >= 11 is 0. The number of aliphatic hydroxyl groups excluding tert-OH is 1. The average molecular weight is 391 g/mol. The molecule has 7 heteroatoms. The van der Waals surface area contributed by atoms with Crippen molar-refractivity contribution in [2.45, 2.75) is 43.4 Å². The largest absolute Gasteiger partial charge is 0.491 e. The second-order valence-corrected chi connectivity index (χ2v) is 8.46. The molecule has 2 aliphatic heterocycles. The molecule has 0 amide bonds. The van der Waals surface area contributed by atoms with Gasteiger partial charge in [-0.1, -0.05) is 18.2 Å². The molecule has 2 fully saturated rings. The number of β-amino-alcohol motifs (C(OH)–C–C–N with tert-alkyl or cyclic N) is 1. The first kappa shape index (κ1) is 17.2. The topological polar surface area (TPSA) is 86.3 Å². The third-order valence-electron chi connectivity index (χ3n) is 6.47. The van der Waals surface area contributed by atoms with Gasteiger partial charge in [0.1, 0.15) is 30.1 Å². The Kier molecular flexibility index (Phi) is 3.99. The molecule has 3 atom stereocenters. The molecule has 4 heterocycles. The number of rotatable bonds is 4. The first-order valence-electron chi connectivity index (χ1n) is 10.5. The molecule has 1 aliphatic carbocycles. The van der Waals surface area contributed by atoms with E-state index in [9.17, 15) is 5.11 Å². The molecule has 1 aromatic carbocycles. The van der Waals surface area contributed by atoms with Crippen molar-refractivity contribution in [3.8, 4) is 5.75 Å². The van der Waals surface area contributed by atoms with E-state index in [4.69, 9.17) is 4.74 Å². The van der Waals surface area contributed by atoms with Gasteiger partial charge >= 0.3 is 0 Å². The number of para-hydroxylation sites is 1. The Labute approximate surface area is 169 Å². The molecule has 1 saturated carbocycles. The van der Waals surface area contributed by atoms with Gasteiger partial charge in [0.05, 0.1) is 23.6 Å². The van der Waals surface area contributed by atoms with Gasteiger partial charge in [-0.25, -0.2) is 9.97 Å². The number of benzene rings is 1. The fourth-order valence-electron chi connectivity index (χ4n) is 4.74. The lowest BCUT2D eigenvalue weighted by atomic mass is 9.95. The molecule has 3 N–H and O–H groups in total. The van der Waals surface area contributed by atoms with E-state index in [2.05, 4.69) is 43.4 Å². The van der Waals surface area contributed by atoms with Crippen molar-refractivity contribution >= 4 is 16.9 Å². The predicted octanol–water partition coefficient (Wildman–Crippen LogP) is 2.82. The third-order valence-corrected chi connectivity index (χ3v) is 6.47. The van der Waals surface area contributed by atoms with Crippen LogP contribution in [0.4, 0.5) is 5.82 Å². The molecule has 3 aliphatic rings. The van der Waals surface area contributed by atoms with Crippen molar-refractivity contribution in [1.82, 2.24) is 19.9 Å². The monoisotopic (exact) mass is 391 g/mol. The molecular weight excluding hydrogens is 366 g/mol. The van der Waals surface area contributed by atoms with Crippen molar-refractivity contribution in [3.05, 3.63) is 47.9 Å². The third kappa shape index (κ3) is 3.05. The standard InChI is InChI=1S/C22H25N5O2/c28-14-7-8-27(10-14)18-11-29-19-4-2-1-3-15(19)20(18)26-22-16-9-17(13-5-6-13)25-21(16)23-12-24-22/h1-4,9,12-14,18,20,28H,5-8,10-11H2,(H2,23,24,25,26)/t14-,18-,20-/m0/s1. The van der Waals surface area contributed by atoms with Crippen LogP contribution in [0.3, 0.4) is 0 Å². The summed E-state index contributed by atoms with van der Waals surface area (Å²) < 4.78 is 6.08. The predicted molar refractivity (Wildman–Crippen MR) is 110 cm³/mol. The van der Waals surface area contributed by atoms with Crippen molar-refractivity contribution in [1.29, 1.82) is 0 Å². The van der Waals surface area contributed by atoms with Gasteiger partial charge in [0.2, 0.25) is 0 Å². The summed E-state index contributed by atoms with van der Waals surface area (Å²) in [4.78, 5) is 14.8. The molecule has 0 radical (unpaired) electrons. The van der Waals surface area contributed by atoms with E-state index in [0.29, 0.717) is 19.1 Å². The van der Waals surface area contributed by atoms with E-state index in [1.165, 1.54) is 18.5 Å². The number of H-pyrrole nitrogens is 1. The van der Waals surface area contributed by atoms with Crippen LogP contribution in [0.2, 0.25) is 0 Å². The maximum absolute atomic E-state index is 10.1. The van der Waals surface area contributed by atoms with Crippen LogP contribution in [-0.2, 0) is 0 Å². The molecule has 1 saturated heterocycles. The van der Waals surface area contributed by atoms with Gasteiger partial charge in [0, 0.05) is 24.3 Å². The summed E-state index contributed by atoms with van der Waals surface area (Å²) in [5, 5.41) is 14.8. The second-order valence-electron chi connectivity index (χ2n) is 8.46. The van der Waals surface area contributed by atoms with Crippen LogP contribution in [0, 0.1) is 0 Å². The van der Waals surface area contributed by atoms with Crippen LogP contribution in [0.15, 0.2) is 36.7 Å². The summed E-state index contributed by atoms with van der Waals surface area (Å²) in [6.45, 7) is 2.16. The highest BCUT2D eigenvalue weighted by Crippen LogP contribution is 2.42. The number of aromatic nitrogens is 3. The maximum atomic E-state index is 10.1. The lowest BCUT2D eigenvalue weighted by Crippen LogP contribution is -2.47. The number of likely N-dealkylation sites (tertiary alicyclic amines) is 1. The highest BCUT2D eigenvalue weighted by Gasteiger charge is 2.38. The minimum absolute atomic E-state index is 0.0302. The van der Waals surface area contributed by atoms with E-state index >= 15 is 0 Å². The van der Waals surface area contributed by atoms with Gasteiger partial charge in [-0.05, 0) is 37.3 Å². The lowest BCUT2D eigenvalue weighted by Gasteiger charge is -2.39. The number of ether oxygens (including phenoxy) is 1. The number of aliphatic hydroxyl groups is 1. The second kappa shape index (κ2) is 6.71. The Hall–Kier alpha value is -2.64. The highest BCUT2D eigenvalue weighted by molar-refractivity contribution is 5.88. The number of hydrogen-bond acceptors (Lipinski definition) is 6. The number of hydrogen-bond donors (Lipinski definition) is 3. The zero-order valence-corrected chi connectivity index (χ0v) is 16.2. The minimum atomic E-state index is -0.260. The maximum Gasteiger partial charge on any atom is 0.143 e. The number of fused-ring (bicyclic) bond motifs is 2. The fourth-order valence-corrected chi connectivity index (χ4v) is 4.74. The molecule has 2 aromatic heterocycles. The molecule has 0 bridgehead atoms. The SMILES string of the molecule is O[C@H]1CCN([C@H]2COc3ccccc3[C@@H]2Nc2ncnc3[nH]c(C4CC4)cc23)C1. The van der Waals surface area contributed by atoms with Crippen LogP contribution >= 0.6 is 0 Å². The van der Waals surface area contributed by atoms with Crippen LogP contribution < -0.4 is 10.1 Å². The number of nitrogens with zero attached hydrogens (tertiary/aromatic N) is 3. The van der Waals surface area contributed by atoms with Gasteiger partial charge in [-0.2, -0.15) is 0 Å². The van der Waals surface area contributed by atoms with E-state index in [1.807, 2.05) is 12.1 Å². The molecule has 7 nitrogen and oxygen atoms in total. The van der Waals surface area contributed by atoms with Crippen LogP contribution in [-0.4, -0.2) is 56.8 Å². The van der Waals surface area contributed by atoms with Crippen LogP contribution in [0.1, 0.15) is 42.5 Å². The van der Waals surface area contributed by atoms with Crippen molar-refractivity contribution in [2.75, 3.05) is 25.0 Å². The fraction of sp³-hybridized carbons (Fsp3) is 0.455. The van der Waals surface area contributed by atoms with Gasteiger partial charge in [-0.15, -0.1) is 0 Å². The lowest BCUT2D eigenvalue weighted by molar-refractivity contribution is 0.105. The highest BCUT2D eigenvalue weighted by atomic mass is 16.5. The van der Waals surface area contributed by atoms with Gasteiger partial charge in [-0.3, -0.25) is 4.90 Å². The summed E-state index contributed by atoms with van der Waals surface area (Å²) in [5.74, 6) is 2.41. The number of anilines is 1. The van der Waals surface area contributed by atoms with Crippen LogP contribution in [0.5, 0.6) is 5.75 Å². The van der Waals surface area contributed by atoms with E-state index in [0.717, 1.165) is 41.1 Å². The minimum Gasteiger partial charge on any atom is -0.491 e. The zero-order chi connectivity index (χ0) is 19.4. The zero-order valence-electron chi connectivity index (χ0n) is 16.2. The number of nitrogens with one attached hydrogen (secondary N) is 2. The summed E-state index contributed by atoms with van der Waals surface area (Å²) in [7, 11) is 0. The van der Waals surface area contributed by atoms with Gasteiger partial charge in [0.25, 0.3) is 0 Å². The van der Waals surface area contributed by atoms with E-state index in [-0.39, 0.29) is 18.2 Å². The molecular formula is C22H25N5O2. The van der Waals surface area contributed by atoms with E-state index < -0.39 is 0 Å². The Balaban J connectivity index is 1.39. The first-order valence-corrected chi connectivity index (χ1v) is 10.5. The normalized spacial score (nSPS) is 27.0. The Morgan fingerprint density at radius 3 is 2.90 bits per heavy atom. The molecule has 6 rings (SSSR count). The Morgan fingerprint density at radius 2 is 2.07 bits per heavy atom. The summed E-state index contributed by atoms with van der Waals surface area (Å²) in [5.41, 5.74) is 3.28. The smallest absolute Gasteiger partial charge is 0.143 e. The summed E-state index contributed by atoms with van der Waals surface area (Å²) in [6, 6.07) is 10.6. The Morgan fingerprint density at radius 1 is 1.17 bits per heavy atom. The van der Waals surface area contributed by atoms with Crippen molar-refractivity contribution in [2.24, 2.45) is 0 Å². The molecule has 150 valence electrons. The molecule has 3 aromatic rings. The van der Waals surface area contributed by atoms with Crippen molar-refractivity contribution in [3.63, 3.8) is 0 Å². The quantitative estimate of drug-likeness (QED) is 0.634. The first-order chi connectivity index (χ1) is 14.3. The van der Waals surface area contributed by atoms with Crippen LogP contribution in [0.25, 0.3) is 11.0 Å². The molecule has 0 unspecified atom stereocenters. The average Bonchev–Trinajstić information content (AvgIpc) is 3.35. The van der Waals surface area contributed by atoms with Gasteiger partial charge < -0.3 is 20.1 Å². The summed E-state index contributed by atoms with van der Waals surface area (Å²) in [6.07, 6.45) is 4.67. The molecule has 0 spiro atoms. The molecule has 29 heavy (non-hydrogen) atoms. The van der Waals surface area contributed by atoms with Crippen molar-refractivity contribution < 1.29 is 9.84 Å². The Bertz CT molecular complexity index is 1050. The van der Waals surface area contributed by atoms with E-state index in [1.54, 1.807) is 6.33 Å². The number of aromatic amines is 1. The van der Waals surface area contributed by atoms with Gasteiger partial charge in [0.15, 0.2) is 0 Å².